The van der Waals surface area contributed by atoms with E-state index in [0.717, 1.165) is 25.3 Å². The van der Waals surface area contributed by atoms with E-state index in [4.69, 9.17) is 4.74 Å². The Bertz CT molecular complexity index is 613. The minimum absolute atomic E-state index is 0.0425. The van der Waals surface area contributed by atoms with Gasteiger partial charge in [0.2, 0.25) is 0 Å². The van der Waals surface area contributed by atoms with Crippen molar-refractivity contribution in [1.29, 1.82) is 0 Å². The third kappa shape index (κ3) is 2.86. The monoisotopic (exact) mass is 283 g/mol. The van der Waals surface area contributed by atoms with Crippen molar-refractivity contribution in [3.63, 3.8) is 0 Å². The van der Waals surface area contributed by atoms with E-state index in [9.17, 15) is 4.79 Å². The Morgan fingerprint density at radius 2 is 2.10 bits per heavy atom. The first-order chi connectivity index (χ1) is 10.3. The first kappa shape index (κ1) is 13.5. The number of hydrogen-bond donors (Lipinski definition) is 0. The lowest BCUT2D eigenvalue weighted by molar-refractivity contribution is 0.0784. The highest BCUT2D eigenvalue weighted by atomic mass is 16.5. The number of carbonyl (C=O) groups is 1. The zero-order valence-electron chi connectivity index (χ0n) is 11.9. The maximum absolute atomic E-state index is 12.3. The molecule has 0 aliphatic carbocycles. The molecule has 1 atom stereocenters. The molecular weight excluding hydrogens is 266 g/mol. The van der Waals surface area contributed by atoms with Gasteiger partial charge in [-0.15, -0.1) is 0 Å². The van der Waals surface area contributed by atoms with Crippen LogP contribution in [0.1, 0.15) is 28.4 Å². The Kier molecular flexibility index (Phi) is 3.81. The molecule has 2 heterocycles. The predicted molar refractivity (Wildman–Crippen MR) is 78.3 cm³/mol. The zero-order chi connectivity index (χ0) is 14.7. The van der Waals surface area contributed by atoms with Crippen molar-refractivity contribution in [2.75, 3.05) is 20.2 Å². The minimum atomic E-state index is -0.0425. The SMILES string of the molecule is COc1ccc([C@@H]2CCN(C(=O)c3cnccn3)C2)cc1. The topological polar surface area (TPSA) is 55.3 Å². The van der Waals surface area contributed by atoms with Crippen molar-refractivity contribution in [3.8, 4) is 5.75 Å². The van der Waals surface area contributed by atoms with Gasteiger partial charge in [-0.2, -0.15) is 0 Å². The van der Waals surface area contributed by atoms with Crippen LogP contribution in [-0.4, -0.2) is 41.0 Å². The van der Waals surface area contributed by atoms with E-state index in [-0.39, 0.29) is 5.91 Å². The molecule has 1 aromatic carbocycles. The van der Waals surface area contributed by atoms with E-state index >= 15 is 0 Å². The molecule has 5 heteroatoms. The smallest absolute Gasteiger partial charge is 0.274 e. The highest BCUT2D eigenvalue weighted by molar-refractivity contribution is 5.92. The lowest BCUT2D eigenvalue weighted by atomic mass is 9.98. The summed E-state index contributed by atoms with van der Waals surface area (Å²) in [7, 11) is 1.66. The van der Waals surface area contributed by atoms with Crippen molar-refractivity contribution in [2.24, 2.45) is 0 Å². The van der Waals surface area contributed by atoms with E-state index < -0.39 is 0 Å². The number of likely N-dealkylation sites (tertiary alicyclic amines) is 1. The van der Waals surface area contributed by atoms with Gasteiger partial charge in [0, 0.05) is 31.4 Å². The molecule has 21 heavy (non-hydrogen) atoms. The number of ether oxygens (including phenoxy) is 1. The zero-order valence-corrected chi connectivity index (χ0v) is 11.9. The Morgan fingerprint density at radius 1 is 1.29 bits per heavy atom. The maximum atomic E-state index is 12.3. The molecule has 5 nitrogen and oxygen atoms in total. The molecule has 0 unspecified atom stereocenters. The summed E-state index contributed by atoms with van der Waals surface area (Å²) < 4.78 is 5.17. The molecule has 3 rings (SSSR count). The first-order valence-electron chi connectivity index (χ1n) is 6.97. The fraction of sp³-hybridized carbons (Fsp3) is 0.312. The fourth-order valence-corrected chi connectivity index (χ4v) is 2.66. The van der Waals surface area contributed by atoms with Crippen LogP contribution in [0.25, 0.3) is 0 Å². The van der Waals surface area contributed by atoms with Crippen molar-refractivity contribution in [3.05, 3.63) is 54.1 Å². The maximum Gasteiger partial charge on any atom is 0.274 e. The molecule has 0 bridgehead atoms. The second-order valence-corrected chi connectivity index (χ2v) is 5.10. The summed E-state index contributed by atoms with van der Waals surface area (Å²) in [6.45, 7) is 1.48. The average molecular weight is 283 g/mol. The number of aromatic nitrogens is 2. The summed E-state index contributed by atoms with van der Waals surface area (Å²) in [5.74, 6) is 1.18. The average Bonchev–Trinajstić information content (AvgIpc) is 3.05. The van der Waals surface area contributed by atoms with Gasteiger partial charge in [-0.25, -0.2) is 4.98 Å². The van der Waals surface area contributed by atoms with Gasteiger partial charge in [-0.1, -0.05) is 12.1 Å². The number of hydrogen-bond acceptors (Lipinski definition) is 4. The van der Waals surface area contributed by atoms with Crippen molar-refractivity contribution in [1.82, 2.24) is 14.9 Å². The second kappa shape index (κ2) is 5.91. The number of amides is 1. The third-order valence-corrected chi connectivity index (χ3v) is 3.84. The van der Waals surface area contributed by atoms with Crippen LogP contribution in [0.2, 0.25) is 0 Å². The fourth-order valence-electron chi connectivity index (χ4n) is 2.66. The summed E-state index contributed by atoms with van der Waals surface area (Å²) in [6, 6.07) is 8.06. The highest BCUT2D eigenvalue weighted by Gasteiger charge is 2.28. The number of rotatable bonds is 3. The largest absolute Gasteiger partial charge is 0.497 e. The molecule has 1 aliphatic heterocycles. The molecule has 0 saturated carbocycles. The van der Waals surface area contributed by atoms with E-state index in [1.54, 1.807) is 19.5 Å². The van der Waals surface area contributed by atoms with Gasteiger partial charge in [0.15, 0.2) is 0 Å². The van der Waals surface area contributed by atoms with Crippen LogP contribution in [0.3, 0.4) is 0 Å². The molecule has 0 spiro atoms. The van der Waals surface area contributed by atoms with Crippen LogP contribution >= 0.6 is 0 Å². The van der Waals surface area contributed by atoms with Crippen LogP contribution in [0.4, 0.5) is 0 Å². The van der Waals surface area contributed by atoms with Crippen LogP contribution in [0, 0.1) is 0 Å². The van der Waals surface area contributed by atoms with Crippen LogP contribution in [0.15, 0.2) is 42.9 Å². The molecule has 1 fully saturated rings. The molecule has 108 valence electrons. The summed E-state index contributed by atoms with van der Waals surface area (Å²) >= 11 is 0. The predicted octanol–water partition coefficient (Wildman–Crippen LogP) is 2.11. The van der Waals surface area contributed by atoms with Crippen molar-refractivity contribution >= 4 is 5.91 Å². The van der Waals surface area contributed by atoms with Gasteiger partial charge in [0.1, 0.15) is 11.4 Å². The molecule has 1 amide bonds. The van der Waals surface area contributed by atoms with E-state index in [1.165, 1.54) is 11.8 Å². The summed E-state index contributed by atoms with van der Waals surface area (Å²) in [4.78, 5) is 22.2. The lowest BCUT2D eigenvalue weighted by Gasteiger charge is -2.16. The molecule has 2 aromatic rings. The molecule has 1 saturated heterocycles. The molecule has 1 aliphatic rings. The number of carbonyl (C=O) groups excluding carboxylic acids is 1. The van der Waals surface area contributed by atoms with Crippen LogP contribution in [-0.2, 0) is 0 Å². The normalized spacial score (nSPS) is 17.8. The molecule has 0 radical (unpaired) electrons. The third-order valence-electron chi connectivity index (χ3n) is 3.84. The number of nitrogens with zero attached hydrogens (tertiary/aromatic N) is 3. The Balaban J connectivity index is 1.69. The van der Waals surface area contributed by atoms with Gasteiger partial charge in [-0.3, -0.25) is 9.78 Å². The summed E-state index contributed by atoms with van der Waals surface area (Å²) in [5, 5.41) is 0. The van der Waals surface area contributed by atoms with Crippen LogP contribution in [0.5, 0.6) is 5.75 Å². The second-order valence-electron chi connectivity index (χ2n) is 5.10. The van der Waals surface area contributed by atoms with E-state index in [0.29, 0.717) is 11.6 Å². The minimum Gasteiger partial charge on any atom is -0.497 e. The molecule has 1 aromatic heterocycles. The van der Waals surface area contributed by atoms with Crippen molar-refractivity contribution < 1.29 is 9.53 Å². The Morgan fingerprint density at radius 3 is 2.76 bits per heavy atom. The Hall–Kier alpha value is -2.43. The molecule has 0 N–H and O–H groups in total. The highest BCUT2D eigenvalue weighted by Crippen LogP contribution is 2.29. The van der Waals surface area contributed by atoms with Gasteiger partial charge < -0.3 is 9.64 Å². The summed E-state index contributed by atoms with van der Waals surface area (Å²) in [6.07, 6.45) is 5.60. The first-order valence-corrected chi connectivity index (χ1v) is 6.97. The van der Waals surface area contributed by atoms with Crippen LogP contribution < -0.4 is 4.74 Å². The lowest BCUT2D eigenvalue weighted by Crippen LogP contribution is -2.29. The van der Waals surface area contributed by atoms with Gasteiger partial charge >= 0.3 is 0 Å². The molecular formula is C16H17N3O2. The summed E-state index contributed by atoms with van der Waals surface area (Å²) in [5.41, 5.74) is 1.65. The van der Waals surface area contributed by atoms with Gasteiger partial charge in [0.25, 0.3) is 5.91 Å². The van der Waals surface area contributed by atoms with Crippen molar-refractivity contribution in [2.45, 2.75) is 12.3 Å². The van der Waals surface area contributed by atoms with Gasteiger partial charge in [0.05, 0.1) is 13.3 Å². The van der Waals surface area contributed by atoms with E-state index in [2.05, 4.69) is 22.1 Å². The Labute approximate surface area is 123 Å². The standard InChI is InChI=1S/C16H17N3O2/c1-21-14-4-2-12(3-5-14)13-6-9-19(11-13)16(20)15-10-17-7-8-18-15/h2-5,7-8,10,13H,6,9,11H2,1H3/t13-/m1/s1. The number of benzene rings is 1. The number of methoxy groups -OCH3 is 1. The quantitative estimate of drug-likeness (QED) is 0.865. The van der Waals surface area contributed by atoms with Gasteiger partial charge in [-0.05, 0) is 24.1 Å². The van der Waals surface area contributed by atoms with E-state index in [1.807, 2.05) is 17.0 Å².